The van der Waals surface area contributed by atoms with Gasteiger partial charge in [-0.2, -0.15) is 0 Å². The van der Waals surface area contributed by atoms with Gasteiger partial charge in [-0.1, -0.05) is 46.0 Å². The molecule has 0 aliphatic carbocycles. The highest BCUT2D eigenvalue weighted by atomic mass is 16.1. The smallest absolute Gasteiger partial charge is 0.123 e. The summed E-state index contributed by atoms with van der Waals surface area (Å²) in [5.74, 6) is 2.79. The Morgan fingerprint density at radius 1 is 1.07 bits per heavy atom. The summed E-state index contributed by atoms with van der Waals surface area (Å²) >= 11 is 0. The highest BCUT2D eigenvalue weighted by Gasteiger charge is 1.95. The van der Waals surface area contributed by atoms with E-state index in [1.54, 1.807) is 0 Å². The van der Waals surface area contributed by atoms with Crippen molar-refractivity contribution >= 4 is 5.94 Å². The summed E-state index contributed by atoms with van der Waals surface area (Å²) in [6.45, 7) is 6.42. The summed E-state index contributed by atoms with van der Waals surface area (Å²) in [4.78, 5) is 10.2. The molecule has 0 rings (SSSR count). The number of allylic oxidation sites excluding steroid dienone is 1. The molecule has 1 heteroatoms. The fourth-order valence-corrected chi connectivity index (χ4v) is 1.52. The van der Waals surface area contributed by atoms with Gasteiger partial charge in [0.25, 0.3) is 0 Å². The van der Waals surface area contributed by atoms with E-state index >= 15 is 0 Å². The Morgan fingerprint density at radius 2 is 1.64 bits per heavy atom. The van der Waals surface area contributed by atoms with Crippen LogP contribution in [0.15, 0.2) is 5.57 Å². The van der Waals surface area contributed by atoms with E-state index in [9.17, 15) is 4.79 Å². The van der Waals surface area contributed by atoms with Crippen molar-refractivity contribution < 1.29 is 4.79 Å². The van der Waals surface area contributed by atoms with Crippen LogP contribution in [0.2, 0.25) is 0 Å². The number of rotatable bonds is 8. The molecule has 1 nitrogen and oxygen atoms in total. The van der Waals surface area contributed by atoms with E-state index in [0.29, 0.717) is 0 Å². The molecule has 0 saturated carbocycles. The molecule has 0 saturated heterocycles. The standard InChI is InChI=1S/C13H24O/c1-12(2)9-7-5-4-6-8-10-13(3)11-14/h12H,4-10H2,1-3H3. The average Bonchev–Trinajstić information content (AvgIpc) is 2.15. The second-order valence-electron chi connectivity index (χ2n) is 4.58. The van der Waals surface area contributed by atoms with Crippen LogP contribution in [0.25, 0.3) is 0 Å². The maximum absolute atomic E-state index is 10.2. The van der Waals surface area contributed by atoms with Crippen molar-refractivity contribution in [3.63, 3.8) is 0 Å². The second-order valence-corrected chi connectivity index (χ2v) is 4.58. The van der Waals surface area contributed by atoms with Crippen LogP contribution in [0.4, 0.5) is 0 Å². The molecular formula is C13H24O. The number of unbranched alkanes of at least 4 members (excludes halogenated alkanes) is 4. The van der Waals surface area contributed by atoms with Gasteiger partial charge in [-0.25, -0.2) is 4.79 Å². The first kappa shape index (κ1) is 13.4. The van der Waals surface area contributed by atoms with Crippen molar-refractivity contribution in [1.82, 2.24) is 0 Å². The predicted octanol–water partition coefficient (Wildman–Crippen LogP) is 4.15. The summed E-state index contributed by atoms with van der Waals surface area (Å²) in [7, 11) is 0. The minimum absolute atomic E-state index is 0.843. The molecule has 0 aliphatic rings. The monoisotopic (exact) mass is 196 g/mol. The van der Waals surface area contributed by atoms with E-state index in [0.717, 1.165) is 24.3 Å². The van der Waals surface area contributed by atoms with Crippen molar-refractivity contribution in [2.45, 2.75) is 65.7 Å². The molecule has 0 N–H and O–H groups in total. The van der Waals surface area contributed by atoms with Crippen LogP contribution in [0.3, 0.4) is 0 Å². The third-order valence-corrected chi connectivity index (χ3v) is 2.51. The lowest BCUT2D eigenvalue weighted by atomic mass is 10.0. The lowest BCUT2D eigenvalue weighted by Crippen LogP contribution is -1.87. The van der Waals surface area contributed by atoms with Crippen LogP contribution in [0, 0.1) is 5.92 Å². The quantitative estimate of drug-likeness (QED) is 0.421. The van der Waals surface area contributed by atoms with Gasteiger partial charge in [0.1, 0.15) is 5.94 Å². The van der Waals surface area contributed by atoms with Crippen LogP contribution < -0.4 is 0 Å². The second kappa shape index (κ2) is 9.02. The molecule has 0 amide bonds. The zero-order valence-corrected chi connectivity index (χ0v) is 9.94. The van der Waals surface area contributed by atoms with Crippen LogP contribution in [-0.2, 0) is 4.79 Å². The highest BCUT2D eigenvalue weighted by Crippen LogP contribution is 2.12. The topological polar surface area (TPSA) is 17.1 Å². The molecule has 82 valence electrons. The summed E-state index contributed by atoms with van der Waals surface area (Å²) in [6, 6.07) is 0. The third kappa shape index (κ3) is 9.54. The van der Waals surface area contributed by atoms with Gasteiger partial charge in [-0.15, -0.1) is 0 Å². The predicted molar refractivity (Wildman–Crippen MR) is 62.0 cm³/mol. The highest BCUT2D eigenvalue weighted by molar-refractivity contribution is 5.50. The third-order valence-electron chi connectivity index (χ3n) is 2.51. The number of hydrogen-bond acceptors (Lipinski definition) is 1. The number of hydrogen-bond donors (Lipinski definition) is 0. The van der Waals surface area contributed by atoms with Gasteiger partial charge in [-0.05, 0) is 25.7 Å². The molecule has 0 aliphatic heterocycles. The van der Waals surface area contributed by atoms with Crippen molar-refractivity contribution in [2.75, 3.05) is 0 Å². The molecular weight excluding hydrogens is 172 g/mol. The molecule has 0 atom stereocenters. The maximum atomic E-state index is 10.2. The van der Waals surface area contributed by atoms with Gasteiger partial charge in [0.15, 0.2) is 0 Å². The Labute approximate surface area is 88.6 Å². The SMILES string of the molecule is CC(=C=O)CCCCCCCC(C)C. The van der Waals surface area contributed by atoms with Crippen molar-refractivity contribution in [3.05, 3.63) is 5.57 Å². The lowest BCUT2D eigenvalue weighted by molar-refractivity contribution is 0.514. The molecule has 0 bridgehead atoms. The first-order valence-corrected chi connectivity index (χ1v) is 5.87. The minimum atomic E-state index is 0.843. The molecule has 0 spiro atoms. The Balaban J connectivity index is 3.10. The molecule has 0 unspecified atom stereocenters. The van der Waals surface area contributed by atoms with Gasteiger partial charge in [0.05, 0.1) is 0 Å². The maximum Gasteiger partial charge on any atom is 0.123 e. The van der Waals surface area contributed by atoms with Crippen LogP contribution >= 0.6 is 0 Å². The summed E-state index contributed by atoms with van der Waals surface area (Å²) in [5, 5.41) is 0. The zero-order chi connectivity index (χ0) is 10.8. The first-order chi connectivity index (χ1) is 6.66. The Bertz CT molecular complexity index is 176. The summed E-state index contributed by atoms with van der Waals surface area (Å²) in [6.07, 6.45) is 8.74. The van der Waals surface area contributed by atoms with Crippen molar-refractivity contribution in [1.29, 1.82) is 0 Å². The van der Waals surface area contributed by atoms with E-state index in [-0.39, 0.29) is 0 Å². The fourth-order valence-electron chi connectivity index (χ4n) is 1.52. The van der Waals surface area contributed by atoms with E-state index < -0.39 is 0 Å². The molecule has 0 radical (unpaired) electrons. The Morgan fingerprint density at radius 3 is 2.21 bits per heavy atom. The zero-order valence-electron chi connectivity index (χ0n) is 9.94. The molecule has 0 aromatic rings. The normalized spacial score (nSPS) is 10.3. The minimum Gasteiger partial charge on any atom is -0.234 e. The molecule has 0 aromatic carbocycles. The molecule has 14 heavy (non-hydrogen) atoms. The molecule has 0 fully saturated rings. The van der Waals surface area contributed by atoms with Crippen molar-refractivity contribution in [3.8, 4) is 0 Å². The number of carbonyl (C=O) groups excluding carboxylic acids is 1. The van der Waals surface area contributed by atoms with Gasteiger partial charge < -0.3 is 0 Å². The van der Waals surface area contributed by atoms with Gasteiger partial charge in [0, 0.05) is 5.57 Å². The Hall–Kier alpha value is -0.550. The van der Waals surface area contributed by atoms with E-state index in [1.807, 2.05) is 12.9 Å². The summed E-state index contributed by atoms with van der Waals surface area (Å²) < 4.78 is 0. The van der Waals surface area contributed by atoms with E-state index in [4.69, 9.17) is 0 Å². The van der Waals surface area contributed by atoms with Gasteiger partial charge >= 0.3 is 0 Å². The largest absolute Gasteiger partial charge is 0.234 e. The lowest BCUT2D eigenvalue weighted by Gasteiger charge is -2.03. The fraction of sp³-hybridized carbons (Fsp3) is 0.846. The van der Waals surface area contributed by atoms with Gasteiger partial charge in [-0.3, -0.25) is 0 Å². The van der Waals surface area contributed by atoms with Gasteiger partial charge in [0.2, 0.25) is 0 Å². The van der Waals surface area contributed by atoms with E-state index in [2.05, 4.69) is 13.8 Å². The molecule has 0 aromatic heterocycles. The van der Waals surface area contributed by atoms with Crippen LogP contribution in [0.1, 0.15) is 65.7 Å². The first-order valence-electron chi connectivity index (χ1n) is 5.87. The van der Waals surface area contributed by atoms with Crippen LogP contribution in [-0.4, -0.2) is 5.94 Å². The summed E-state index contributed by atoms with van der Waals surface area (Å²) in [5.41, 5.74) is 0.868. The Kier molecular flexibility index (Phi) is 8.67. The van der Waals surface area contributed by atoms with Crippen LogP contribution in [0.5, 0.6) is 0 Å². The average molecular weight is 196 g/mol. The van der Waals surface area contributed by atoms with Crippen molar-refractivity contribution in [2.24, 2.45) is 5.92 Å². The molecule has 0 heterocycles. The van der Waals surface area contributed by atoms with E-state index in [1.165, 1.54) is 32.1 Å².